The number of benzene rings is 1. The van der Waals surface area contributed by atoms with Gasteiger partial charge >= 0.3 is 0 Å². The highest BCUT2D eigenvalue weighted by atomic mass is 32.2. The van der Waals surface area contributed by atoms with E-state index in [1.807, 2.05) is 30.5 Å². The zero-order chi connectivity index (χ0) is 15.2. The molecule has 0 saturated carbocycles. The maximum atomic E-state index is 12.1. The van der Waals surface area contributed by atoms with Crippen LogP contribution >= 0.6 is 11.8 Å². The SMILES string of the molecule is CCCCNC(=O)[C@@H]1CC(=O)N(c2ccc(SC)cc2)C1. The number of nitrogens with one attached hydrogen (secondary N) is 1. The van der Waals surface area contributed by atoms with Crippen LogP contribution in [0, 0.1) is 5.92 Å². The van der Waals surface area contributed by atoms with Gasteiger partial charge in [0.1, 0.15) is 0 Å². The Morgan fingerprint density at radius 1 is 1.38 bits per heavy atom. The van der Waals surface area contributed by atoms with Crippen LogP contribution in [0.2, 0.25) is 0 Å². The molecule has 0 radical (unpaired) electrons. The summed E-state index contributed by atoms with van der Waals surface area (Å²) in [5, 5.41) is 2.92. The maximum absolute atomic E-state index is 12.1. The molecule has 0 aliphatic carbocycles. The van der Waals surface area contributed by atoms with Crippen molar-refractivity contribution in [2.75, 3.05) is 24.2 Å². The van der Waals surface area contributed by atoms with Crippen LogP contribution in [0.25, 0.3) is 0 Å². The summed E-state index contributed by atoms with van der Waals surface area (Å²) < 4.78 is 0. The van der Waals surface area contributed by atoms with Gasteiger partial charge in [0.25, 0.3) is 0 Å². The predicted molar refractivity (Wildman–Crippen MR) is 86.6 cm³/mol. The average Bonchev–Trinajstić information content (AvgIpc) is 2.89. The highest BCUT2D eigenvalue weighted by Crippen LogP contribution is 2.27. The van der Waals surface area contributed by atoms with Crippen molar-refractivity contribution in [1.29, 1.82) is 0 Å². The van der Waals surface area contributed by atoms with Crippen molar-refractivity contribution < 1.29 is 9.59 Å². The fourth-order valence-electron chi connectivity index (χ4n) is 2.43. The predicted octanol–water partition coefficient (Wildman–Crippen LogP) is 2.68. The molecule has 0 bridgehead atoms. The molecule has 0 spiro atoms. The Kier molecular flexibility index (Phi) is 5.67. The fourth-order valence-corrected chi connectivity index (χ4v) is 2.84. The Balaban J connectivity index is 1.96. The lowest BCUT2D eigenvalue weighted by Gasteiger charge is -2.17. The van der Waals surface area contributed by atoms with Gasteiger partial charge in [0, 0.05) is 30.1 Å². The topological polar surface area (TPSA) is 49.4 Å². The summed E-state index contributed by atoms with van der Waals surface area (Å²) in [6.07, 6.45) is 4.36. The molecule has 5 heteroatoms. The second-order valence-corrected chi connectivity index (χ2v) is 6.13. The van der Waals surface area contributed by atoms with Crippen LogP contribution in [0.5, 0.6) is 0 Å². The van der Waals surface area contributed by atoms with E-state index in [0.717, 1.165) is 18.5 Å². The van der Waals surface area contributed by atoms with Gasteiger partial charge in [0.05, 0.1) is 5.92 Å². The summed E-state index contributed by atoms with van der Waals surface area (Å²) in [6, 6.07) is 7.89. The van der Waals surface area contributed by atoms with E-state index in [2.05, 4.69) is 12.2 Å². The Morgan fingerprint density at radius 3 is 2.71 bits per heavy atom. The number of unbranched alkanes of at least 4 members (excludes halogenated alkanes) is 1. The third-order valence-electron chi connectivity index (χ3n) is 3.71. The molecule has 1 aliphatic heterocycles. The lowest BCUT2D eigenvalue weighted by atomic mass is 10.1. The lowest BCUT2D eigenvalue weighted by molar-refractivity contribution is -0.126. The third-order valence-corrected chi connectivity index (χ3v) is 4.45. The van der Waals surface area contributed by atoms with E-state index in [0.29, 0.717) is 19.5 Å². The van der Waals surface area contributed by atoms with Crippen LogP contribution in [0.1, 0.15) is 26.2 Å². The zero-order valence-corrected chi connectivity index (χ0v) is 13.4. The van der Waals surface area contributed by atoms with Crippen molar-refractivity contribution in [2.45, 2.75) is 31.1 Å². The molecule has 0 unspecified atom stereocenters. The molecular formula is C16H22N2O2S. The van der Waals surface area contributed by atoms with Crippen LogP contribution in [0.15, 0.2) is 29.2 Å². The number of carbonyl (C=O) groups excluding carboxylic acids is 2. The Bertz CT molecular complexity index is 502. The van der Waals surface area contributed by atoms with Crippen LogP contribution in [-0.4, -0.2) is 31.2 Å². The van der Waals surface area contributed by atoms with Crippen molar-refractivity contribution in [3.05, 3.63) is 24.3 Å². The molecule has 1 aromatic carbocycles. The summed E-state index contributed by atoms with van der Waals surface area (Å²) >= 11 is 1.67. The van der Waals surface area contributed by atoms with Gasteiger partial charge in [-0.1, -0.05) is 13.3 Å². The number of anilines is 1. The average molecular weight is 306 g/mol. The highest BCUT2D eigenvalue weighted by Gasteiger charge is 2.34. The van der Waals surface area contributed by atoms with Gasteiger partial charge in [-0.3, -0.25) is 9.59 Å². The summed E-state index contributed by atoms with van der Waals surface area (Å²) in [4.78, 5) is 27.0. The smallest absolute Gasteiger partial charge is 0.227 e. The molecule has 1 atom stereocenters. The minimum atomic E-state index is -0.227. The van der Waals surface area contributed by atoms with Crippen LogP contribution in [0.4, 0.5) is 5.69 Å². The Hall–Kier alpha value is -1.49. The van der Waals surface area contributed by atoms with Gasteiger partial charge < -0.3 is 10.2 Å². The van der Waals surface area contributed by atoms with E-state index in [1.165, 1.54) is 4.90 Å². The van der Waals surface area contributed by atoms with E-state index in [4.69, 9.17) is 0 Å². The van der Waals surface area contributed by atoms with E-state index in [1.54, 1.807) is 16.7 Å². The molecule has 4 nitrogen and oxygen atoms in total. The first-order chi connectivity index (χ1) is 10.2. The van der Waals surface area contributed by atoms with E-state index < -0.39 is 0 Å². The molecule has 114 valence electrons. The van der Waals surface area contributed by atoms with Gasteiger partial charge in [-0.2, -0.15) is 0 Å². The fraction of sp³-hybridized carbons (Fsp3) is 0.500. The molecule has 1 N–H and O–H groups in total. The van der Waals surface area contributed by atoms with Gasteiger partial charge in [0.15, 0.2) is 0 Å². The van der Waals surface area contributed by atoms with E-state index >= 15 is 0 Å². The first kappa shape index (κ1) is 15.9. The first-order valence-electron chi connectivity index (χ1n) is 7.37. The number of hydrogen-bond acceptors (Lipinski definition) is 3. The summed E-state index contributed by atoms with van der Waals surface area (Å²) in [5.74, 6) is -0.197. The summed E-state index contributed by atoms with van der Waals surface area (Å²) in [6.45, 7) is 3.27. The molecule has 1 aromatic rings. The third kappa shape index (κ3) is 4.00. The van der Waals surface area contributed by atoms with Crippen molar-refractivity contribution in [2.24, 2.45) is 5.92 Å². The van der Waals surface area contributed by atoms with Crippen LogP contribution in [0.3, 0.4) is 0 Å². The van der Waals surface area contributed by atoms with Crippen molar-refractivity contribution in [3.63, 3.8) is 0 Å². The number of thioether (sulfide) groups is 1. The Labute approximate surface area is 130 Å². The van der Waals surface area contributed by atoms with E-state index in [-0.39, 0.29) is 17.7 Å². The quantitative estimate of drug-likeness (QED) is 0.649. The largest absolute Gasteiger partial charge is 0.356 e. The van der Waals surface area contributed by atoms with Gasteiger partial charge in [-0.25, -0.2) is 0 Å². The Morgan fingerprint density at radius 2 is 2.10 bits per heavy atom. The number of amides is 2. The number of rotatable bonds is 6. The number of hydrogen-bond donors (Lipinski definition) is 1. The second kappa shape index (κ2) is 7.50. The highest BCUT2D eigenvalue weighted by molar-refractivity contribution is 7.98. The molecule has 2 amide bonds. The van der Waals surface area contributed by atoms with Gasteiger partial charge in [-0.15, -0.1) is 11.8 Å². The van der Waals surface area contributed by atoms with Gasteiger partial charge in [0.2, 0.25) is 11.8 Å². The molecule has 1 heterocycles. The van der Waals surface area contributed by atoms with Crippen molar-refractivity contribution in [1.82, 2.24) is 5.32 Å². The van der Waals surface area contributed by atoms with Crippen molar-refractivity contribution in [3.8, 4) is 0 Å². The summed E-state index contributed by atoms with van der Waals surface area (Å²) in [5.41, 5.74) is 0.877. The normalized spacial score (nSPS) is 18.1. The van der Waals surface area contributed by atoms with E-state index in [9.17, 15) is 9.59 Å². The number of carbonyl (C=O) groups is 2. The molecule has 1 fully saturated rings. The maximum Gasteiger partial charge on any atom is 0.227 e. The monoisotopic (exact) mass is 306 g/mol. The zero-order valence-electron chi connectivity index (χ0n) is 12.6. The van der Waals surface area contributed by atoms with Crippen molar-refractivity contribution >= 4 is 29.3 Å². The molecule has 0 aromatic heterocycles. The molecule has 1 aliphatic rings. The number of nitrogens with zero attached hydrogens (tertiary/aromatic N) is 1. The molecule has 2 rings (SSSR count). The lowest BCUT2D eigenvalue weighted by Crippen LogP contribution is -2.33. The minimum Gasteiger partial charge on any atom is -0.356 e. The first-order valence-corrected chi connectivity index (χ1v) is 8.60. The standard InChI is InChI=1S/C16H22N2O2S/c1-3-4-9-17-16(20)12-10-15(19)18(11-12)13-5-7-14(21-2)8-6-13/h5-8,12H,3-4,9-11H2,1-2H3,(H,17,20)/t12-/m1/s1. The second-order valence-electron chi connectivity index (χ2n) is 5.25. The van der Waals surface area contributed by atoms with Crippen LogP contribution in [-0.2, 0) is 9.59 Å². The summed E-state index contributed by atoms with van der Waals surface area (Å²) in [7, 11) is 0. The molecular weight excluding hydrogens is 284 g/mol. The molecule has 21 heavy (non-hydrogen) atoms. The van der Waals surface area contributed by atoms with Crippen LogP contribution < -0.4 is 10.2 Å². The molecule has 1 saturated heterocycles. The van der Waals surface area contributed by atoms with Gasteiger partial charge in [-0.05, 0) is 36.9 Å². The minimum absolute atomic E-state index is 0.0000314.